The zero-order valence-corrected chi connectivity index (χ0v) is 12.5. The van der Waals surface area contributed by atoms with Crippen LogP contribution in [0.2, 0.25) is 0 Å². The van der Waals surface area contributed by atoms with Crippen molar-refractivity contribution < 1.29 is 24.0 Å². The van der Waals surface area contributed by atoms with E-state index in [-0.39, 0.29) is 0 Å². The second kappa shape index (κ2) is 6.85. The quantitative estimate of drug-likeness (QED) is 0.603. The third-order valence-electron chi connectivity index (χ3n) is 3.04. The first kappa shape index (κ1) is 15.0. The lowest BCUT2D eigenvalue weighted by Crippen LogP contribution is -2.01. The Kier molecular flexibility index (Phi) is 4.90. The third-order valence-corrected chi connectivity index (χ3v) is 3.04. The van der Waals surface area contributed by atoms with E-state index in [1.54, 1.807) is 14.2 Å². The molecule has 0 N–H and O–H groups in total. The van der Waals surface area contributed by atoms with Crippen molar-refractivity contribution in [2.45, 2.75) is 0 Å². The number of ether oxygens (including phenoxy) is 3. The van der Waals surface area contributed by atoms with Gasteiger partial charge >= 0.3 is 0 Å². The highest BCUT2D eigenvalue weighted by atomic mass is 17.2. The summed E-state index contributed by atoms with van der Waals surface area (Å²) in [4.78, 5) is 10.1. The molecule has 0 aliphatic heterocycles. The molecule has 0 aliphatic rings. The molecule has 0 saturated heterocycles. The van der Waals surface area contributed by atoms with Crippen LogP contribution in [0, 0.1) is 0 Å². The number of methoxy groups -OCH3 is 3. The molecule has 0 heterocycles. The highest BCUT2D eigenvalue weighted by molar-refractivity contribution is 5.79. The first-order chi connectivity index (χ1) is 10.3. The van der Waals surface area contributed by atoms with Crippen LogP contribution in [0.15, 0.2) is 36.4 Å². The minimum absolute atomic E-state index is 0.414. The van der Waals surface area contributed by atoms with Crippen molar-refractivity contribution in [3.05, 3.63) is 36.4 Å². The third kappa shape index (κ3) is 2.87. The standard InChI is InChI=1S/C16H18O5/c1-17-13-10-12(11-8-6-5-7-9-11)14(21-20-4)16(19-3)15(13)18-2/h5-10H,1-4H3. The minimum atomic E-state index is 0.414. The van der Waals surface area contributed by atoms with Gasteiger partial charge in [0.15, 0.2) is 5.75 Å². The molecule has 0 unspecified atom stereocenters. The molecule has 0 atom stereocenters. The molecule has 21 heavy (non-hydrogen) atoms. The Bertz CT molecular complexity index is 595. The van der Waals surface area contributed by atoms with E-state index in [4.69, 9.17) is 24.0 Å². The van der Waals surface area contributed by atoms with Gasteiger partial charge < -0.3 is 19.1 Å². The largest absolute Gasteiger partial charge is 0.493 e. The Balaban J connectivity index is 2.73. The maximum Gasteiger partial charge on any atom is 0.219 e. The van der Waals surface area contributed by atoms with Gasteiger partial charge in [0.2, 0.25) is 17.2 Å². The summed E-state index contributed by atoms with van der Waals surface area (Å²) in [5, 5.41) is 0. The maximum atomic E-state index is 5.41. The maximum absolute atomic E-state index is 5.41. The monoisotopic (exact) mass is 290 g/mol. The van der Waals surface area contributed by atoms with Crippen LogP contribution >= 0.6 is 0 Å². The van der Waals surface area contributed by atoms with Gasteiger partial charge in [-0.15, -0.1) is 0 Å². The molecule has 2 aromatic carbocycles. The summed E-state index contributed by atoms with van der Waals surface area (Å²) >= 11 is 0. The first-order valence-corrected chi connectivity index (χ1v) is 6.35. The Morgan fingerprint density at radius 3 is 1.90 bits per heavy atom. The van der Waals surface area contributed by atoms with Crippen LogP contribution in [0.5, 0.6) is 23.0 Å². The Morgan fingerprint density at radius 2 is 1.38 bits per heavy atom. The van der Waals surface area contributed by atoms with Crippen molar-refractivity contribution in [3.63, 3.8) is 0 Å². The molecule has 0 amide bonds. The Morgan fingerprint density at radius 1 is 0.714 bits per heavy atom. The lowest BCUT2D eigenvalue weighted by Gasteiger charge is -2.18. The van der Waals surface area contributed by atoms with Crippen molar-refractivity contribution in [3.8, 4) is 34.1 Å². The van der Waals surface area contributed by atoms with Crippen molar-refractivity contribution in [2.24, 2.45) is 0 Å². The summed E-state index contributed by atoms with van der Waals surface area (Å²) in [7, 11) is 6.08. The van der Waals surface area contributed by atoms with Crippen LogP contribution in [0.25, 0.3) is 11.1 Å². The molecular weight excluding hydrogens is 272 g/mol. The van der Waals surface area contributed by atoms with Crippen molar-refractivity contribution in [1.82, 2.24) is 0 Å². The van der Waals surface area contributed by atoms with Gasteiger partial charge in [0, 0.05) is 5.56 Å². The van der Waals surface area contributed by atoms with E-state index < -0.39 is 0 Å². The number of hydrogen-bond donors (Lipinski definition) is 0. The van der Waals surface area contributed by atoms with E-state index in [1.807, 2.05) is 36.4 Å². The zero-order valence-electron chi connectivity index (χ0n) is 12.5. The summed E-state index contributed by atoms with van der Waals surface area (Å²) in [5.74, 6) is 1.85. The molecule has 2 aromatic rings. The molecule has 0 aromatic heterocycles. The number of benzene rings is 2. The highest BCUT2D eigenvalue weighted by Crippen LogP contribution is 2.50. The summed E-state index contributed by atoms with van der Waals surface area (Å²) in [6.45, 7) is 0. The van der Waals surface area contributed by atoms with E-state index in [9.17, 15) is 0 Å². The van der Waals surface area contributed by atoms with Gasteiger partial charge in [-0.25, -0.2) is 0 Å². The van der Waals surface area contributed by atoms with Gasteiger partial charge in [0.25, 0.3) is 0 Å². The van der Waals surface area contributed by atoms with Crippen molar-refractivity contribution in [1.29, 1.82) is 0 Å². The molecule has 0 radical (unpaired) electrons. The smallest absolute Gasteiger partial charge is 0.219 e. The fourth-order valence-electron chi connectivity index (χ4n) is 2.13. The summed E-state index contributed by atoms with van der Waals surface area (Å²) in [6.07, 6.45) is 0. The first-order valence-electron chi connectivity index (χ1n) is 6.35. The number of rotatable bonds is 6. The van der Waals surface area contributed by atoms with Gasteiger partial charge in [0.05, 0.1) is 28.4 Å². The number of hydrogen-bond acceptors (Lipinski definition) is 5. The normalized spacial score (nSPS) is 10.1. The molecule has 5 heteroatoms. The van der Waals surface area contributed by atoms with Gasteiger partial charge in [-0.1, -0.05) is 30.3 Å². The zero-order chi connectivity index (χ0) is 15.2. The summed E-state index contributed by atoms with van der Waals surface area (Å²) in [6, 6.07) is 11.6. The van der Waals surface area contributed by atoms with E-state index in [0.717, 1.165) is 11.1 Å². The Labute approximate surface area is 123 Å². The van der Waals surface area contributed by atoms with E-state index in [0.29, 0.717) is 23.0 Å². The lowest BCUT2D eigenvalue weighted by atomic mass is 10.0. The van der Waals surface area contributed by atoms with Gasteiger partial charge in [-0.05, 0) is 11.6 Å². The predicted octanol–water partition coefficient (Wildman–Crippen LogP) is 3.32. The molecular formula is C16H18O5. The average Bonchev–Trinajstić information content (AvgIpc) is 2.55. The molecule has 112 valence electrons. The van der Waals surface area contributed by atoms with Crippen LogP contribution in [0.1, 0.15) is 0 Å². The van der Waals surface area contributed by atoms with E-state index in [1.165, 1.54) is 14.2 Å². The molecule has 5 nitrogen and oxygen atoms in total. The summed E-state index contributed by atoms with van der Waals surface area (Å²) in [5.41, 5.74) is 1.73. The van der Waals surface area contributed by atoms with Gasteiger partial charge in [-0.3, -0.25) is 0 Å². The van der Waals surface area contributed by atoms with E-state index in [2.05, 4.69) is 0 Å². The van der Waals surface area contributed by atoms with Crippen LogP contribution in [-0.2, 0) is 4.89 Å². The molecule has 0 spiro atoms. The fraction of sp³-hybridized carbons (Fsp3) is 0.250. The van der Waals surface area contributed by atoms with Crippen LogP contribution in [-0.4, -0.2) is 28.4 Å². The SMILES string of the molecule is COOc1c(-c2ccccc2)cc(OC)c(OC)c1OC. The van der Waals surface area contributed by atoms with Crippen molar-refractivity contribution >= 4 is 0 Å². The molecule has 0 saturated carbocycles. The lowest BCUT2D eigenvalue weighted by molar-refractivity contribution is -0.178. The molecule has 0 bridgehead atoms. The van der Waals surface area contributed by atoms with Crippen LogP contribution in [0.3, 0.4) is 0 Å². The molecule has 2 rings (SSSR count). The fourth-order valence-corrected chi connectivity index (χ4v) is 2.13. The minimum Gasteiger partial charge on any atom is -0.493 e. The second-order valence-corrected chi connectivity index (χ2v) is 4.14. The average molecular weight is 290 g/mol. The topological polar surface area (TPSA) is 46.2 Å². The second-order valence-electron chi connectivity index (χ2n) is 4.14. The Hall–Kier alpha value is -2.40. The summed E-state index contributed by atoms with van der Waals surface area (Å²) < 4.78 is 16.1. The van der Waals surface area contributed by atoms with Gasteiger partial charge in [0.1, 0.15) is 0 Å². The predicted molar refractivity (Wildman–Crippen MR) is 79.2 cm³/mol. The van der Waals surface area contributed by atoms with Crippen LogP contribution in [0.4, 0.5) is 0 Å². The van der Waals surface area contributed by atoms with Crippen molar-refractivity contribution in [2.75, 3.05) is 28.4 Å². The highest BCUT2D eigenvalue weighted by Gasteiger charge is 2.23. The molecule has 0 fully saturated rings. The van der Waals surface area contributed by atoms with E-state index >= 15 is 0 Å². The molecule has 0 aliphatic carbocycles. The van der Waals surface area contributed by atoms with Gasteiger partial charge in [-0.2, -0.15) is 4.89 Å². The van der Waals surface area contributed by atoms with Crippen LogP contribution < -0.4 is 19.1 Å².